The molecular weight excluding hydrogens is 382 g/mol. The minimum Gasteiger partial charge on any atom is -0.494 e. The maximum Gasteiger partial charge on any atom is 0.335 e. The zero-order valence-electron chi connectivity index (χ0n) is 16.0. The summed E-state index contributed by atoms with van der Waals surface area (Å²) in [4.78, 5) is 20.2. The third-order valence-electron chi connectivity index (χ3n) is 4.94. The molecule has 0 aliphatic rings. The number of carboxylic acid groups (broad SMARTS) is 1. The molecule has 0 atom stereocenters. The van der Waals surface area contributed by atoms with Gasteiger partial charge in [0.2, 0.25) is 0 Å². The number of benzene rings is 1. The first kappa shape index (κ1) is 18.9. The van der Waals surface area contributed by atoms with Gasteiger partial charge in [0, 0.05) is 19.0 Å². The van der Waals surface area contributed by atoms with Gasteiger partial charge in [-0.3, -0.25) is 0 Å². The Morgan fingerprint density at radius 1 is 1.24 bits per heavy atom. The number of alkyl halides is 2. The van der Waals surface area contributed by atoms with Crippen molar-refractivity contribution in [2.24, 2.45) is 7.05 Å². The number of ether oxygens (including phenoxy) is 1. The average Bonchev–Trinajstić information content (AvgIpc) is 3.23. The quantitative estimate of drug-likeness (QED) is 0.541. The molecule has 9 heteroatoms. The zero-order valence-corrected chi connectivity index (χ0v) is 16.0. The van der Waals surface area contributed by atoms with Crippen molar-refractivity contribution in [3.63, 3.8) is 0 Å². The van der Waals surface area contributed by atoms with Crippen molar-refractivity contribution in [2.75, 3.05) is 7.11 Å². The largest absolute Gasteiger partial charge is 0.494 e. The summed E-state index contributed by atoms with van der Waals surface area (Å²) in [5.74, 6) is -0.137. The molecule has 4 aromatic rings. The normalized spacial score (nSPS) is 11.7. The van der Waals surface area contributed by atoms with Gasteiger partial charge >= 0.3 is 5.97 Å². The van der Waals surface area contributed by atoms with Crippen molar-refractivity contribution in [3.8, 4) is 17.3 Å². The second kappa shape index (κ2) is 6.84. The molecule has 0 aliphatic carbocycles. The molecule has 0 fully saturated rings. The lowest BCUT2D eigenvalue weighted by Gasteiger charge is -2.09. The number of nitrogens with zero attached hydrogens (tertiary/aromatic N) is 4. The van der Waals surface area contributed by atoms with E-state index in [4.69, 9.17) is 4.74 Å². The number of hydrogen-bond donors (Lipinski definition) is 1. The molecule has 150 valence electrons. The summed E-state index contributed by atoms with van der Waals surface area (Å²) in [6.45, 7) is 2.39. The van der Waals surface area contributed by atoms with Crippen LogP contribution in [0.1, 0.15) is 29.4 Å². The molecule has 0 saturated carbocycles. The molecule has 7 nitrogen and oxygen atoms in total. The highest BCUT2D eigenvalue weighted by molar-refractivity contribution is 5.96. The van der Waals surface area contributed by atoms with E-state index in [1.807, 2.05) is 17.6 Å². The van der Waals surface area contributed by atoms with Crippen molar-refractivity contribution in [2.45, 2.75) is 19.9 Å². The molecule has 0 radical (unpaired) electrons. The maximum atomic E-state index is 13.1. The number of aryl methyl sites for hydroxylation is 2. The van der Waals surface area contributed by atoms with Crippen LogP contribution in [0.3, 0.4) is 0 Å². The van der Waals surface area contributed by atoms with E-state index in [-0.39, 0.29) is 11.3 Å². The number of carbonyl (C=O) groups is 1. The van der Waals surface area contributed by atoms with E-state index < -0.39 is 12.4 Å². The number of carboxylic acids is 1. The van der Waals surface area contributed by atoms with E-state index in [0.29, 0.717) is 40.5 Å². The minimum absolute atomic E-state index is 0.0678. The van der Waals surface area contributed by atoms with Gasteiger partial charge in [-0.15, -0.1) is 0 Å². The van der Waals surface area contributed by atoms with E-state index in [0.717, 1.165) is 5.39 Å². The van der Waals surface area contributed by atoms with Crippen LogP contribution in [0, 0.1) is 0 Å². The van der Waals surface area contributed by atoms with Crippen LogP contribution in [0.2, 0.25) is 0 Å². The molecule has 4 rings (SSSR count). The van der Waals surface area contributed by atoms with Crippen LogP contribution in [-0.2, 0) is 13.6 Å². The molecule has 1 N–H and O–H groups in total. The van der Waals surface area contributed by atoms with Gasteiger partial charge in [0.1, 0.15) is 22.6 Å². The van der Waals surface area contributed by atoms with Crippen LogP contribution >= 0.6 is 0 Å². The van der Waals surface area contributed by atoms with Crippen LogP contribution in [0.4, 0.5) is 8.78 Å². The van der Waals surface area contributed by atoms with E-state index in [1.165, 1.54) is 25.3 Å². The number of hydrogen-bond acceptors (Lipinski definition) is 4. The average molecular weight is 400 g/mol. The summed E-state index contributed by atoms with van der Waals surface area (Å²) >= 11 is 0. The molecular formula is C20H18F2N4O3. The van der Waals surface area contributed by atoms with Gasteiger partial charge in [-0.1, -0.05) is 0 Å². The molecule has 0 spiro atoms. The molecule has 3 aromatic heterocycles. The number of halogens is 2. The summed E-state index contributed by atoms with van der Waals surface area (Å²) < 4.78 is 35.2. The third kappa shape index (κ3) is 2.89. The van der Waals surface area contributed by atoms with Gasteiger partial charge in [0.05, 0.1) is 23.9 Å². The van der Waals surface area contributed by atoms with Crippen LogP contribution in [0.5, 0.6) is 5.75 Å². The van der Waals surface area contributed by atoms with Crippen molar-refractivity contribution in [1.82, 2.24) is 19.1 Å². The van der Waals surface area contributed by atoms with Crippen molar-refractivity contribution in [1.29, 1.82) is 0 Å². The fourth-order valence-electron chi connectivity index (χ4n) is 3.59. The molecule has 3 heterocycles. The minimum atomic E-state index is -2.66. The fourth-order valence-corrected chi connectivity index (χ4v) is 3.59. The molecule has 29 heavy (non-hydrogen) atoms. The van der Waals surface area contributed by atoms with E-state index in [2.05, 4.69) is 9.97 Å². The van der Waals surface area contributed by atoms with E-state index in [9.17, 15) is 18.7 Å². The SMILES string of the molecule is CCn1c(-c2nc3cc(C(=O)O)cc(OC)c3n2C)cc2ccc(C(F)F)nc21. The summed E-state index contributed by atoms with van der Waals surface area (Å²) in [5.41, 5.74) is 2.03. The van der Waals surface area contributed by atoms with Crippen molar-refractivity contribution < 1.29 is 23.4 Å². The van der Waals surface area contributed by atoms with Gasteiger partial charge < -0.3 is 19.0 Å². The Morgan fingerprint density at radius 3 is 2.62 bits per heavy atom. The standard InChI is InChI=1S/C20H18F2N4O3/c1-4-26-14(8-10-5-6-12(17(21)22)23-18(10)26)19-24-13-7-11(20(27)28)9-15(29-3)16(13)25(19)2/h5-9,17H,4H2,1-3H3,(H,27,28). The third-order valence-corrected chi connectivity index (χ3v) is 4.94. The predicted octanol–water partition coefficient (Wildman–Crippen LogP) is 4.25. The van der Waals surface area contributed by atoms with Gasteiger partial charge in [-0.25, -0.2) is 23.5 Å². The fraction of sp³-hybridized carbons (Fsp3) is 0.250. The van der Waals surface area contributed by atoms with Gasteiger partial charge in [0.25, 0.3) is 6.43 Å². The maximum absolute atomic E-state index is 13.1. The number of methoxy groups -OCH3 is 1. The smallest absolute Gasteiger partial charge is 0.335 e. The van der Waals surface area contributed by atoms with Crippen molar-refractivity contribution in [3.05, 3.63) is 41.6 Å². The first-order valence-corrected chi connectivity index (χ1v) is 8.92. The Morgan fingerprint density at radius 2 is 2.00 bits per heavy atom. The van der Waals surface area contributed by atoms with Crippen LogP contribution < -0.4 is 4.74 Å². The van der Waals surface area contributed by atoms with Crippen LogP contribution in [0.25, 0.3) is 33.6 Å². The number of aromatic nitrogens is 4. The summed E-state index contributed by atoms with van der Waals surface area (Å²) in [6.07, 6.45) is -2.66. The summed E-state index contributed by atoms with van der Waals surface area (Å²) in [5, 5.41) is 10.1. The number of aromatic carboxylic acids is 1. The summed E-state index contributed by atoms with van der Waals surface area (Å²) in [6, 6.07) is 7.70. The van der Waals surface area contributed by atoms with E-state index in [1.54, 1.807) is 17.7 Å². The van der Waals surface area contributed by atoms with E-state index >= 15 is 0 Å². The molecule has 0 amide bonds. The monoisotopic (exact) mass is 400 g/mol. The number of rotatable bonds is 5. The van der Waals surface area contributed by atoms with Gasteiger partial charge in [-0.05, 0) is 37.3 Å². The highest BCUT2D eigenvalue weighted by Crippen LogP contribution is 2.34. The lowest BCUT2D eigenvalue weighted by Crippen LogP contribution is -2.03. The van der Waals surface area contributed by atoms with Gasteiger partial charge in [-0.2, -0.15) is 0 Å². The Kier molecular flexibility index (Phi) is 4.45. The molecule has 0 aliphatic heterocycles. The second-order valence-electron chi connectivity index (χ2n) is 6.57. The molecule has 0 bridgehead atoms. The first-order chi connectivity index (χ1) is 13.8. The molecule has 0 saturated heterocycles. The lowest BCUT2D eigenvalue weighted by atomic mass is 10.2. The Labute approximate surface area is 164 Å². The molecule has 1 aromatic carbocycles. The highest BCUT2D eigenvalue weighted by atomic mass is 19.3. The zero-order chi connectivity index (χ0) is 20.9. The molecule has 0 unspecified atom stereocenters. The second-order valence-corrected chi connectivity index (χ2v) is 6.57. The highest BCUT2D eigenvalue weighted by Gasteiger charge is 2.21. The predicted molar refractivity (Wildman–Crippen MR) is 104 cm³/mol. The Balaban J connectivity index is 2.00. The Bertz CT molecular complexity index is 1260. The van der Waals surface area contributed by atoms with Crippen LogP contribution in [0.15, 0.2) is 30.3 Å². The first-order valence-electron chi connectivity index (χ1n) is 8.92. The number of imidazole rings is 1. The van der Waals surface area contributed by atoms with Crippen LogP contribution in [-0.4, -0.2) is 37.3 Å². The lowest BCUT2D eigenvalue weighted by molar-refractivity contribution is 0.0696. The van der Waals surface area contributed by atoms with Crippen molar-refractivity contribution >= 4 is 28.0 Å². The number of pyridine rings is 1. The Hall–Kier alpha value is -3.49. The summed E-state index contributed by atoms with van der Waals surface area (Å²) in [7, 11) is 3.26. The van der Waals surface area contributed by atoms with Gasteiger partial charge in [0.15, 0.2) is 5.82 Å². The number of fused-ring (bicyclic) bond motifs is 2. The topological polar surface area (TPSA) is 82.2 Å².